The standard InChI is InChI=1S/C29H31N3O3S/c1-18-9-11-20(12-10-18)28(34)27-24(35-3)14-13-23-26(27)22(19(2)31-23)17-25(33)32(29-30-15-16-36-29)21-7-5-4-6-8-21/h9-16,21,31H,4-8,17H2,1-3H3. The molecule has 36 heavy (non-hydrogen) atoms. The highest BCUT2D eigenvalue weighted by atomic mass is 32.1. The third-order valence-corrected chi connectivity index (χ3v) is 7.94. The number of hydrogen-bond donors (Lipinski definition) is 1. The van der Waals surface area contributed by atoms with Crippen molar-refractivity contribution in [3.8, 4) is 5.75 Å². The van der Waals surface area contributed by atoms with Crippen molar-refractivity contribution in [3.63, 3.8) is 0 Å². The van der Waals surface area contributed by atoms with Crippen LogP contribution in [0.4, 0.5) is 5.13 Å². The van der Waals surface area contributed by atoms with Gasteiger partial charge in [-0.15, -0.1) is 11.3 Å². The average Bonchev–Trinajstić information content (AvgIpc) is 3.52. The number of benzene rings is 2. The van der Waals surface area contributed by atoms with E-state index in [9.17, 15) is 9.59 Å². The molecule has 7 heteroatoms. The number of carbonyl (C=O) groups excluding carboxylic acids is 2. The minimum atomic E-state index is -0.116. The van der Waals surface area contributed by atoms with Gasteiger partial charge < -0.3 is 9.72 Å². The van der Waals surface area contributed by atoms with Gasteiger partial charge in [-0.25, -0.2) is 4.98 Å². The zero-order chi connectivity index (χ0) is 25.2. The maximum absolute atomic E-state index is 13.9. The Morgan fingerprint density at radius 1 is 1.08 bits per heavy atom. The van der Waals surface area contributed by atoms with Gasteiger partial charge in [0.1, 0.15) is 5.75 Å². The molecule has 1 fully saturated rings. The van der Waals surface area contributed by atoms with Crippen LogP contribution in [-0.4, -0.2) is 34.8 Å². The van der Waals surface area contributed by atoms with Crippen LogP contribution in [0, 0.1) is 13.8 Å². The molecule has 1 saturated carbocycles. The second kappa shape index (κ2) is 10.3. The number of hydrogen-bond acceptors (Lipinski definition) is 5. The van der Waals surface area contributed by atoms with Crippen molar-refractivity contribution < 1.29 is 14.3 Å². The third kappa shape index (κ3) is 4.55. The molecular weight excluding hydrogens is 470 g/mol. The summed E-state index contributed by atoms with van der Waals surface area (Å²) in [6, 6.07) is 11.4. The van der Waals surface area contributed by atoms with Crippen molar-refractivity contribution in [2.45, 2.75) is 58.4 Å². The van der Waals surface area contributed by atoms with Gasteiger partial charge in [0.2, 0.25) is 5.91 Å². The lowest BCUT2D eigenvalue weighted by Crippen LogP contribution is -2.42. The van der Waals surface area contributed by atoms with Gasteiger partial charge in [0.15, 0.2) is 10.9 Å². The van der Waals surface area contributed by atoms with Crippen LogP contribution in [0.2, 0.25) is 0 Å². The van der Waals surface area contributed by atoms with Crippen LogP contribution < -0.4 is 9.64 Å². The highest BCUT2D eigenvalue weighted by Crippen LogP contribution is 2.36. The van der Waals surface area contributed by atoms with Crippen LogP contribution in [0.15, 0.2) is 48.0 Å². The summed E-state index contributed by atoms with van der Waals surface area (Å²) in [4.78, 5) is 37.5. The molecule has 0 saturated heterocycles. The van der Waals surface area contributed by atoms with E-state index in [2.05, 4.69) is 9.97 Å². The molecule has 6 nitrogen and oxygen atoms in total. The molecule has 0 atom stereocenters. The van der Waals surface area contributed by atoms with Gasteiger partial charge in [-0.05, 0) is 44.4 Å². The molecule has 1 aliphatic carbocycles. The normalized spacial score (nSPS) is 14.2. The molecule has 4 aromatic rings. The molecule has 0 aliphatic heterocycles. The number of nitrogens with one attached hydrogen (secondary N) is 1. The molecule has 0 bridgehead atoms. The monoisotopic (exact) mass is 501 g/mol. The number of aryl methyl sites for hydroxylation is 2. The van der Waals surface area contributed by atoms with Crippen LogP contribution >= 0.6 is 11.3 Å². The summed E-state index contributed by atoms with van der Waals surface area (Å²) in [6.07, 6.45) is 7.37. The molecule has 1 amide bonds. The molecule has 1 N–H and O–H groups in total. The Balaban J connectivity index is 1.59. The van der Waals surface area contributed by atoms with E-state index in [1.807, 2.05) is 60.5 Å². The van der Waals surface area contributed by atoms with Crippen LogP contribution in [0.25, 0.3) is 10.9 Å². The van der Waals surface area contributed by atoms with E-state index in [-0.39, 0.29) is 24.2 Å². The number of H-pyrrole nitrogens is 1. The van der Waals surface area contributed by atoms with Gasteiger partial charge in [-0.1, -0.05) is 49.1 Å². The van der Waals surface area contributed by atoms with E-state index in [0.29, 0.717) is 16.9 Å². The number of aromatic amines is 1. The Hall–Kier alpha value is -3.45. The second-order valence-electron chi connectivity index (χ2n) is 9.54. The van der Waals surface area contributed by atoms with Crippen molar-refractivity contribution in [1.82, 2.24) is 9.97 Å². The first-order chi connectivity index (χ1) is 17.5. The van der Waals surface area contributed by atoms with E-state index < -0.39 is 0 Å². The number of anilines is 1. The van der Waals surface area contributed by atoms with Crippen LogP contribution in [0.5, 0.6) is 5.75 Å². The van der Waals surface area contributed by atoms with Crippen molar-refractivity contribution >= 4 is 39.1 Å². The molecule has 0 radical (unpaired) electrons. The summed E-state index contributed by atoms with van der Waals surface area (Å²) in [7, 11) is 1.57. The predicted molar refractivity (Wildman–Crippen MR) is 144 cm³/mol. The van der Waals surface area contributed by atoms with E-state index in [0.717, 1.165) is 58.5 Å². The minimum absolute atomic E-state index is 0.0115. The second-order valence-corrected chi connectivity index (χ2v) is 10.4. The number of fused-ring (bicyclic) bond motifs is 1. The SMILES string of the molecule is COc1ccc2[nH]c(C)c(CC(=O)N(c3nccs3)C3CCCCC3)c2c1C(=O)c1ccc(C)cc1. The van der Waals surface area contributed by atoms with Gasteiger partial charge >= 0.3 is 0 Å². The summed E-state index contributed by atoms with van der Waals surface area (Å²) in [5.41, 5.74) is 4.71. The molecule has 2 aromatic heterocycles. The first kappa shape index (κ1) is 24.3. The van der Waals surface area contributed by atoms with Crippen molar-refractivity contribution in [2.75, 3.05) is 12.0 Å². The summed E-state index contributed by atoms with van der Waals surface area (Å²) in [6.45, 7) is 3.96. The number of ketones is 1. The van der Waals surface area contributed by atoms with E-state index in [4.69, 9.17) is 4.74 Å². The molecule has 1 aliphatic rings. The van der Waals surface area contributed by atoms with E-state index >= 15 is 0 Å². The van der Waals surface area contributed by atoms with E-state index in [1.54, 1.807) is 13.3 Å². The fourth-order valence-corrected chi connectivity index (χ4v) is 6.04. The third-order valence-electron chi connectivity index (χ3n) is 7.17. The topological polar surface area (TPSA) is 75.3 Å². The largest absolute Gasteiger partial charge is 0.496 e. The lowest BCUT2D eigenvalue weighted by atomic mass is 9.93. The first-order valence-electron chi connectivity index (χ1n) is 12.5. The maximum atomic E-state index is 13.9. The first-order valence-corrected chi connectivity index (χ1v) is 13.4. The highest BCUT2D eigenvalue weighted by Gasteiger charge is 2.31. The maximum Gasteiger partial charge on any atom is 0.233 e. The Labute approximate surface area is 215 Å². The zero-order valence-electron chi connectivity index (χ0n) is 21.0. The number of nitrogens with zero attached hydrogens (tertiary/aromatic N) is 2. The van der Waals surface area contributed by atoms with Crippen LogP contribution in [0.1, 0.15) is 64.8 Å². The number of carbonyl (C=O) groups is 2. The van der Waals surface area contributed by atoms with Gasteiger partial charge in [-0.3, -0.25) is 14.5 Å². The number of thiazole rings is 1. The van der Waals surface area contributed by atoms with Gasteiger partial charge in [0.05, 0.1) is 19.1 Å². The van der Waals surface area contributed by atoms with Crippen LogP contribution in [0.3, 0.4) is 0 Å². The predicted octanol–water partition coefficient (Wildman–Crippen LogP) is 6.39. The molecule has 2 heterocycles. The van der Waals surface area contributed by atoms with Gasteiger partial charge in [0.25, 0.3) is 0 Å². The molecule has 5 rings (SSSR count). The number of amides is 1. The van der Waals surface area contributed by atoms with Crippen molar-refractivity contribution in [2.24, 2.45) is 0 Å². The molecule has 0 unspecified atom stereocenters. The van der Waals surface area contributed by atoms with Crippen LogP contribution in [-0.2, 0) is 11.2 Å². The number of rotatable bonds is 7. The van der Waals surface area contributed by atoms with Gasteiger partial charge in [-0.2, -0.15) is 0 Å². The smallest absolute Gasteiger partial charge is 0.233 e. The highest BCUT2D eigenvalue weighted by molar-refractivity contribution is 7.13. The molecule has 2 aromatic carbocycles. The molecular formula is C29H31N3O3S. The summed E-state index contributed by atoms with van der Waals surface area (Å²) in [5, 5.41) is 3.42. The van der Waals surface area contributed by atoms with Crippen molar-refractivity contribution in [1.29, 1.82) is 0 Å². The zero-order valence-corrected chi connectivity index (χ0v) is 21.8. The van der Waals surface area contributed by atoms with Crippen molar-refractivity contribution in [3.05, 3.63) is 75.9 Å². The quantitative estimate of drug-likeness (QED) is 0.298. The van der Waals surface area contributed by atoms with E-state index in [1.165, 1.54) is 17.8 Å². The molecule has 0 spiro atoms. The fraction of sp³-hybridized carbons (Fsp3) is 0.345. The summed E-state index contributed by atoms with van der Waals surface area (Å²) in [5.74, 6) is 0.399. The Kier molecular flexibility index (Phi) is 6.92. The summed E-state index contributed by atoms with van der Waals surface area (Å²) < 4.78 is 5.65. The summed E-state index contributed by atoms with van der Waals surface area (Å²) >= 11 is 1.50. The molecule has 186 valence electrons. The Morgan fingerprint density at radius 2 is 1.83 bits per heavy atom. The number of ether oxygens (including phenoxy) is 1. The minimum Gasteiger partial charge on any atom is -0.496 e. The number of aromatic nitrogens is 2. The lowest BCUT2D eigenvalue weighted by molar-refractivity contribution is -0.118. The lowest BCUT2D eigenvalue weighted by Gasteiger charge is -2.32. The van der Waals surface area contributed by atoms with Gasteiger partial charge in [0, 0.05) is 39.8 Å². The average molecular weight is 502 g/mol. The Morgan fingerprint density at radius 3 is 2.50 bits per heavy atom. The Bertz CT molecular complexity index is 1380. The number of methoxy groups -OCH3 is 1. The fourth-order valence-electron chi connectivity index (χ4n) is 5.31.